The largest absolute Gasteiger partial charge is 0.444 e. The number of nitrogens with one attached hydrogen (secondary N) is 2. The minimum absolute atomic E-state index is 0.0456. The number of hydrogen-bond acceptors (Lipinski definition) is 6. The molecule has 3 rings (SSSR count). The molecule has 0 spiro atoms. The van der Waals surface area contributed by atoms with Crippen LogP contribution in [-0.2, 0) is 11.3 Å². The molecule has 156 valence electrons. The van der Waals surface area contributed by atoms with Crippen molar-refractivity contribution in [1.29, 1.82) is 0 Å². The van der Waals surface area contributed by atoms with E-state index in [-0.39, 0.29) is 29.4 Å². The molecular weight excluding hydrogens is 386 g/mol. The lowest BCUT2D eigenvalue weighted by Crippen LogP contribution is -2.32. The van der Waals surface area contributed by atoms with Crippen LogP contribution in [0.3, 0.4) is 0 Å². The van der Waals surface area contributed by atoms with Crippen molar-refractivity contribution in [3.63, 3.8) is 0 Å². The minimum Gasteiger partial charge on any atom is -0.444 e. The molecule has 1 aromatic carbocycles. The van der Waals surface area contributed by atoms with E-state index in [4.69, 9.17) is 4.74 Å². The van der Waals surface area contributed by atoms with Crippen molar-refractivity contribution in [1.82, 2.24) is 19.6 Å². The molecule has 0 aliphatic carbocycles. The Kier molecular flexibility index (Phi) is 6.76. The fourth-order valence-corrected chi connectivity index (χ4v) is 2.73. The van der Waals surface area contributed by atoms with Gasteiger partial charge >= 0.3 is 6.09 Å². The normalized spacial score (nSPS) is 10.8. The molecule has 0 fully saturated rings. The third-order valence-corrected chi connectivity index (χ3v) is 4.27. The zero-order valence-corrected chi connectivity index (χ0v) is 16.8. The van der Waals surface area contributed by atoms with Gasteiger partial charge in [-0.3, -0.25) is 19.3 Å². The summed E-state index contributed by atoms with van der Waals surface area (Å²) in [7, 11) is 3.81. The summed E-state index contributed by atoms with van der Waals surface area (Å²) in [6.07, 6.45) is 1.94. The number of benzene rings is 1. The first-order valence-corrected chi connectivity index (χ1v) is 9.36. The maximum atomic E-state index is 12.7. The van der Waals surface area contributed by atoms with Gasteiger partial charge in [0.25, 0.3) is 11.5 Å². The number of pyridine rings is 1. The van der Waals surface area contributed by atoms with Crippen molar-refractivity contribution in [3.8, 4) is 0 Å². The lowest BCUT2D eigenvalue weighted by Gasteiger charge is -2.12. The summed E-state index contributed by atoms with van der Waals surface area (Å²) in [6, 6.07) is 12.4. The number of ether oxygens (including phenoxy) is 1. The Balaban J connectivity index is 1.73. The van der Waals surface area contributed by atoms with E-state index in [0.717, 1.165) is 5.56 Å². The zero-order chi connectivity index (χ0) is 21.5. The van der Waals surface area contributed by atoms with Crippen LogP contribution in [0.4, 0.5) is 10.5 Å². The molecule has 0 aliphatic rings. The molecule has 3 aromatic rings. The SMILES string of the molecule is CN(C)CCNC(=O)c1cccn2c(=O)c(NC(=O)OCc3ccccc3)cnc12. The van der Waals surface area contributed by atoms with Gasteiger partial charge in [-0.25, -0.2) is 9.78 Å². The van der Waals surface area contributed by atoms with E-state index < -0.39 is 11.7 Å². The lowest BCUT2D eigenvalue weighted by molar-refractivity contribution is 0.0952. The maximum absolute atomic E-state index is 12.7. The molecular formula is C21H23N5O4. The van der Waals surface area contributed by atoms with Crippen LogP contribution in [0.25, 0.3) is 5.65 Å². The van der Waals surface area contributed by atoms with Crippen molar-refractivity contribution in [2.45, 2.75) is 6.61 Å². The summed E-state index contributed by atoms with van der Waals surface area (Å²) in [5.41, 5.74) is 0.737. The number of nitrogens with zero attached hydrogens (tertiary/aromatic N) is 3. The molecule has 2 heterocycles. The van der Waals surface area contributed by atoms with Gasteiger partial charge in [0, 0.05) is 19.3 Å². The number of likely N-dealkylation sites (N-methyl/N-ethyl adjacent to an activating group) is 1. The standard InChI is InChI=1S/C21H23N5O4/c1-25(2)12-10-22-19(27)16-9-6-11-26-18(16)23-13-17(20(26)28)24-21(29)30-14-15-7-4-3-5-8-15/h3-9,11,13H,10,12,14H2,1-2H3,(H,22,27)(H,24,29). The Hall–Kier alpha value is -3.72. The number of rotatable bonds is 7. The van der Waals surface area contributed by atoms with Crippen molar-refractivity contribution in [2.24, 2.45) is 0 Å². The summed E-state index contributed by atoms with van der Waals surface area (Å²) in [5, 5.41) is 5.20. The smallest absolute Gasteiger partial charge is 0.412 e. The average Bonchev–Trinajstić information content (AvgIpc) is 2.74. The minimum atomic E-state index is -0.768. The van der Waals surface area contributed by atoms with E-state index in [2.05, 4.69) is 15.6 Å². The quantitative estimate of drug-likeness (QED) is 0.616. The predicted molar refractivity (Wildman–Crippen MR) is 113 cm³/mol. The van der Waals surface area contributed by atoms with Crippen molar-refractivity contribution < 1.29 is 14.3 Å². The topological polar surface area (TPSA) is 105 Å². The Morgan fingerprint density at radius 2 is 1.90 bits per heavy atom. The van der Waals surface area contributed by atoms with E-state index in [1.807, 2.05) is 49.3 Å². The highest BCUT2D eigenvalue weighted by molar-refractivity contribution is 5.99. The highest BCUT2D eigenvalue weighted by atomic mass is 16.5. The first kappa shape index (κ1) is 21.0. The van der Waals surface area contributed by atoms with E-state index in [0.29, 0.717) is 13.1 Å². The van der Waals surface area contributed by atoms with Gasteiger partial charge in [0.15, 0.2) is 5.65 Å². The van der Waals surface area contributed by atoms with Crippen LogP contribution in [0.1, 0.15) is 15.9 Å². The number of aromatic nitrogens is 2. The molecule has 2 amide bonds. The lowest BCUT2D eigenvalue weighted by atomic mass is 10.2. The second kappa shape index (κ2) is 9.66. The van der Waals surface area contributed by atoms with Gasteiger partial charge in [0.1, 0.15) is 12.3 Å². The zero-order valence-electron chi connectivity index (χ0n) is 16.8. The first-order valence-electron chi connectivity index (χ1n) is 9.36. The third kappa shape index (κ3) is 5.21. The second-order valence-electron chi connectivity index (χ2n) is 6.84. The average molecular weight is 409 g/mol. The van der Waals surface area contributed by atoms with Crippen LogP contribution >= 0.6 is 0 Å². The van der Waals surface area contributed by atoms with Crippen molar-refractivity contribution in [2.75, 3.05) is 32.5 Å². The Bertz CT molecular complexity index is 1100. The molecule has 2 N–H and O–H groups in total. The summed E-state index contributed by atoms with van der Waals surface area (Å²) in [6.45, 7) is 1.22. The van der Waals surface area contributed by atoms with Gasteiger partial charge in [-0.15, -0.1) is 0 Å². The maximum Gasteiger partial charge on any atom is 0.412 e. The highest BCUT2D eigenvalue weighted by Gasteiger charge is 2.15. The predicted octanol–water partition coefficient (Wildman–Crippen LogP) is 1.73. The highest BCUT2D eigenvalue weighted by Crippen LogP contribution is 2.09. The Labute approximate surface area is 173 Å². The van der Waals surface area contributed by atoms with Crippen LogP contribution in [0.15, 0.2) is 59.7 Å². The fourth-order valence-electron chi connectivity index (χ4n) is 2.73. The molecule has 2 aromatic heterocycles. The molecule has 0 aliphatic heterocycles. The number of amides is 2. The van der Waals surface area contributed by atoms with Gasteiger partial charge in [-0.1, -0.05) is 30.3 Å². The van der Waals surface area contributed by atoms with Gasteiger partial charge in [-0.2, -0.15) is 0 Å². The monoisotopic (exact) mass is 409 g/mol. The number of carbonyl (C=O) groups is 2. The molecule has 9 heteroatoms. The fraction of sp³-hybridized carbons (Fsp3) is 0.238. The van der Waals surface area contributed by atoms with E-state index in [9.17, 15) is 14.4 Å². The molecule has 0 saturated carbocycles. The van der Waals surface area contributed by atoms with Gasteiger partial charge in [0.2, 0.25) is 0 Å². The van der Waals surface area contributed by atoms with Gasteiger partial charge in [0.05, 0.1) is 11.8 Å². The Morgan fingerprint density at radius 1 is 1.13 bits per heavy atom. The van der Waals surface area contributed by atoms with Crippen LogP contribution < -0.4 is 16.2 Å². The first-order chi connectivity index (χ1) is 14.5. The number of hydrogen-bond donors (Lipinski definition) is 2. The molecule has 30 heavy (non-hydrogen) atoms. The molecule has 0 atom stereocenters. The van der Waals surface area contributed by atoms with Crippen molar-refractivity contribution in [3.05, 3.63) is 76.3 Å². The van der Waals surface area contributed by atoms with E-state index >= 15 is 0 Å². The number of anilines is 1. The molecule has 0 bridgehead atoms. The van der Waals surface area contributed by atoms with Gasteiger partial charge < -0.3 is 15.0 Å². The Morgan fingerprint density at radius 3 is 2.63 bits per heavy atom. The van der Waals surface area contributed by atoms with Crippen molar-refractivity contribution >= 4 is 23.3 Å². The van der Waals surface area contributed by atoms with Gasteiger partial charge in [-0.05, 0) is 31.8 Å². The van der Waals surface area contributed by atoms with Crippen LogP contribution in [0, 0.1) is 0 Å². The van der Waals surface area contributed by atoms with Crippen LogP contribution in [0.2, 0.25) is 0 Å². The molecule has 0 unspecified atom stereocenters. The number of fused-ring (bicyclic) bond motifs is 1. The second-order valence-corrected chi connectivity index (χ2v) is 6.84. The molecule has 0 radical (unpaired) electrons. The molecule has 0 saturated heterocycles. The van der Waals surface area contributed by atoms with E-state index in [1.54, 1.807) is 12.1 Å². The van der Waals surface area contributed by atoms with Crippen LogP contribution in [-0.4, -0.2) is 53.5 Å². The summed E-state index contributed by atoms with van der Waals surface area (Å²) < 4.78 is 6.35. The van der Waals surface area contributed by atoms with Crippen LogP contribution in [0.5, 0.6) is 0 Å². The van der Waals surface area contributed by atoms with E-state index in [1.165, 1.54) is 16.8 Å². The summed E-state index contributed by atoms with van der Waals surface area (Å²) >= 11 is 0. The summed E-state index contributed by atoms with van der Waals surface area (Å²) in [5.74, 6) is -0.329. The third-order valence-electron chi connectivity index (χ3n) is 4.27. The number of carbonyl (C=O) groups excluding carboxylic acids is 2. The molecule has 9 nitrogen and oxygen atoms in total. The summed E-state index contributed by atoms with van der Waals surface area (Å²) in [4.78, 5) is 43.4.